The summed E-state index contributed by atoms with van der Waals surface area (Å²) in [7, 11) is 4.06. The van der Waals surface area contributed by atoms with Crippen molar-refractivity contribution in [1.82, 2.24) is 4.90 Å². The van der Waals surface area contributed by atoms with Gasteiger partial charge in [-0.3, -0.25) is 0 Å². The lowest BCUT2D eigenvalue weighted by Crippen LogP contribution is -2.19. The molecule has 1 aromatic carbocycles. The second-order valence-corrected chi connectivity index (χ2v) is 9.23. The van der Waals surface area contributed by atoms with Crippen molar-refractivity contribution < 1.29 is 28.4 Å². The van der Waals surface area contributed by atoms with Crippen LogP contribution in [0.1, 0.15) is 57.4 Å². The van der Waals surface area contributed by atoms with Crippen LogP contribution in [0, 0.1) is 0 Å². The van der Waals surface area contributed by atoms with E-state index in [1.165, 1.54) is 50.5 Å². The van der Waals surface area contributed by atoms with Crippen LogP contribution in [-0.4, -0.2) is 98.2 Å². The molecule has 0 amide bonds. The summed E-state index contributed by atoms with van der Waals surface area (Å²) in [5, 5.41) is 0. The van der Waals surface area contributed by atoms with E-state index in [0.29, 0.717) is 66.1 Å². The molecule has 0 saturated carbocycles. The zero-order valence-electron chi connectivity index (χ0n) is 23.3. The molecule has 0 aliphatic carbocycles. The zero-order chi connectivity index (χ0) is 25.9. The minimum atomic E-state index is 0.543. The zero-order valence-corrected chi connectivity index (χ0v) is 23.3. The molecular weight excluding hydrogens is 458 g/mol. The lowest BCUT2D eigenvalue weighted by atomic mass is 10.0. The van der Waals surface area contributed by atoms with E-state index in [4.69, 9.17) is 28.4 Å². The lowest BCUT2D eigenvalue weighted by molar-refractivity contribution is -0.0132. The number of rotatable bonds is 27. The second-order valence-electron chi connectivity index (χ2n) is 9.23. The first-order valence-corrected chi connectivity index (χ1v) is 14.0. The number of ether oxygens (including phenoxy) is 6. The van der Waals surface area contributed by atoms with Crippen molar-refractivity contribution in [2.75, 3.05) is 93.3 Å². The van der Waals surface area contributed by atoms with Crippen LogP contribution in [0.5, 0.6) is 5.75 Å². The highest BCUT2D eigenvalue weighted by Gasteiger charge is 1.98. The van der Waals surface area contributed by atoms with Crippen LogP contribution in [0.25, 0.3) is 0 Å². The van der Waals surface area contributed by atoms with Gasteiger partial charge in [0, 0.05) is 6.54 Å². The van der Waals surface area contributed by atoms with Crippen molar-refractivity contribution in [3.05, 3.63) is 29.8 Å². The maximum atomic E-state index is 5.76. The van der Waals surface area contributed by atoms with E-state index < -0.39 is 0 Å². The average molecular weight is 512 g/mol. The summed E-state index contributed by atoms with van der Waals surface area (Å²) < 4.78 is 33.2. The molecule has 7 nitrogen and oxygen atoms in total. The van der Waals surface area contributed by atoms with Crippen LogP contribution >= 0.6 is 0 Å². The number of likely N-dealkylation sites (N-methyl/N-ethyl adjacent to an activating group) is 1. The first kappa shape index (κ1) is 32.8. The summed E-state index contributed by atoms with van der Waals surface area (Å²) in [6, 6.07) is 8.48. The Morgan fingerprint density at radius 3 is 1.47 bits per heavy atom. The van der Waals surface area contributed by atoms with E-state index in [2.05, 4.69) is 36.1 Å². The maximum Gasteiger partial charge on any atom is 0.119 e. The minimum absolute atomic E-state index is 0.543. The molecule has 36 heavy (non-hydrogen) atoms. The Bertz CT molecular complexity index is 569. The maximum absolute atomic E-state index is 5.76. The van der Waals surface area contributed by atoms with Gasteiger partial charge in [0.25, 0.3) is 0 Å². The van der Waals surface area contributed by atoms with Crippen LogP contribution < -0.4 is 4.74 Å². The molecule has 1 rings (SSSR count). The van der Waals surface area contributed by atoms with E-state index >= 15 is 0 Å². The smallest absolute Gasteiger partial charge is 0.119 e. The van der Waals surface area contributed by atoms with Gasteiger partial charge in [-0.15, -0.1) is 0 Å². The highest BCUT2D eigenvalue weighted by atomic mass is 16.6. The van der Waals surface area contributed by atoms with Crippen LogP contribution in [-0.2, 0) is 30.1 Å². The molecule has 0 atom stereocenters. The van der Waals surface area contributed by atoms with E-state index in [1.807, 2.05) is 14.1 Å². The summed E-state index contributed by atoms with van der Waals surface area (Å²) in [4.78, 5) is 2.09. The monoisotopic (exact) mass is 511 g/mol. The topological polar surface area (TPSA) is 58.6 Å². The first-order chi connectivity index (χ1) is 17.7. The largest absolute Gasteiger partial charge is 0.491 e. The normalized spacial score (nSPS) is 11.4. The van der Waals surface area contributed by atoms with Crippen LogP contribution in [0.3, 0.4) is 0 Å². The van der Waals surface area contributed by atoms with Crippen LogP contribution in [0.15, 0.2) is 24.3 Å². The molecule has 0 saturated heterocycles. The highest BCUT2D eigenvalue weighted by molar-refractivity contribution is 5.27. The van der Waals surface area contributed by atoms with E-state index in [1.54, 1.807) is 0 Å². The summed E-state index contributed by atoms with van der Waals surface area (Å²) >= 11 is 0. The van der Waals surface area contributed by atoms with Gasteiger partial charge in [-0.05, 0) is 44.6 Å². The molecule has 0 aliphatic heterocycles. The van der Waals surface area contributed by atoms with Gasteiger partial charge in [0.2, 0.25) is 0 Å². The van der Waals surface area contributed by atoms with E-state index in [9.17, 15) is 0 Å². The Morgan fingerprint density at radius 2 is 0.972 bits per heavy atom. The minimum Gasteiger partial charge on any atom is -0.491 e. The fourth-order valence-electron chi connectivity index (χ4n) is 3.49. The Balaban J connectivity index is 1.81. The number of aryl methyl sites for hydroxylation is 1. The Morgan fingerprint density at radius 1 is 0.528 bits per heavy atom. The van der Waals surface area contributed by atoms with Gasteiger partial charge in [-0.1, -0.05) is 57.6 Å². The second kappa shape index (κ2) is 25.4. The predicted octanol–water partition coefficient (Wildman–Crippen LogP) is 5.00. The van der Waals surface area contributed by atoms with Crippen molar-refractivity contribution >= 4 is 0 Å². The third-order valence-electron chi connectivity index (χ3n) is 5.66. The number of benzene rings is 1. The summed E-state index contributed by atoms with van der Waals surface area (Å²) in [5.41, 5.74) is 1.39. The molecular formula is C29H53NO6. The molecule has 0 radical (unpaired) electrons. The number of hydrogen-bond acceptors (Lipinski definition) is 7. The quantitative estimate of drug-likeness (QED) is 0.154. The molecule has 0 bridgehead atoms. The van der Waals surface area contributed by atoms with Crippen molar-refractivity contribution in [2.45, 2.75) is 58.3 Å². The van der Waals surface area contributed by atoms with Gasteiger partial charge in [0.1, 0.15) is 12.4 Å². The lowest BCUT2D eigenvalue weighted by Gasteiger charge is -2.10. The Kier molecular flexibility index (Phi) is 23.2. The Hall–Kier alpha value is -1.22. The van der Waals surface area contributed by atoms with Crippen LogP contribution in [0.4, 0.5) is 0 Å². The molecule has 0 unspecified atom stereocenters. The number of nitrogens with zero attached hydrogens (tertiary/aromatic N) is 1. The SMILES string of the molecule is CCCCCCCCCc1ccc(OCCOCCOCCOCCOCCOCCN(C)C)cc1. The standard InChI is InChI=1S/C29H53NO6/c1-4-5-6-7-8-9-10-11-28-12-14-29(15-13-28)36-27-26-35-25-24-34-23-22-33-21-20-32-19-18-31-17-16-30(2)3/h12-15H,4-11,16-27H2,1-3H3. The molecule has 0 aliphatic rings. The fraction of sp³-hybridized carbons (Fsp3) is 0.793. The Labute approximate surface area is 220 Å². The molecule has 0 fully saturated rings. The van der Waals surface area contributed by atoms with Gasteiger partial charge in [0.15, 0.2) is 0 Å². The third-order valence-corrected chi connectivity index (χ3v) is 5.66. The summed E-state index contributed by atoms with van der Waals surface area (Å²) in [6.07, 6.45) is 10.6. The average Bonchev–Trinajstić information content (AvgIpc) is 2.88. The van der Waals surface area contributed by atoms with Gasteiger partial charge < -0.3 is 33.3 Å². The summed E-state index contributed by atoms with van der Waals surface area (Å²) in [5.74, 6) is 0.899. The molecule has 0 spiro atoms. The highest BCUT2D eigenvalue weighted by Crippen LogP contribution is 2.15. The fourth-order valence-corrected chi connectivity index (χ4v) is 3.49. The van der Waals surface area contributed by atoms with E-state index in [0.717, 1.165) is 25.3 Å². The molecule has 0 aromatic heterocycles. The first-order valence-electron chi connectivity index (χ1n) is 14.0. The molecule has 210 valence electrons. The van der Waals surface area contributed by atoms with Gasteiger partial charge in [0.05, 0.1) is 66.1 Å². The molecule has 7 heteroatoms. The predicted molar refractivity (Wildman–Crippen MR) is 146 cm³/mol. The van der Waals surface area contributed by atoms with Crippen molar-refractivity contribution in [2.24, 2.45) is 0 Å². The molecule has 1 aromatic rings. The van der Waals surface area contributed by atoms with Gasteiger partial charge in [-0.2, -0.15) is 0 Å². The van der Waals surface area contributed by atoms with Crippen molar-refractivity contribution in [1.29, 1.82) is 0 Å². The molecule has 0 heterocycles. The van der Waals surface area contributed by atoms with Gasteiger partial charge in [-0.25, -0.2) is 0 Å². The van der Waals surface area contributed by atoms with Crippen LogP contribution in [0.2, 0.25) is 0 Å². The van der Waals surface area contributed by atoms with Crippen molar-refractivity contribution in [3.8, 4) is 5.75 Å². The molecule has 0 N–H and O–H groups in total. The summed E-state index contributed by atoms with van der Waals surface area (Å²) in [6.45, 7) is 9.58. The number of hydrogen-bond donors (Lipinski definition) is 0. The third kappa shape index (κ3) is 22.0. The van der Waals surface area contributed by atoms with Gasteiger partial charge >= 0.3 is 0 Å². The van der Waals surface area contributed by atoms with Crippen molar-refractivity contribution in [3.63, 3.8) is 0 Å². The van der Waals surface area contributed by atoms with E-state index in [-0.39, 0.29) is 0 Å². The number of unbranched alkanes of at least 4 members (excludes halogenated alkanes) is 6.